The predicted octanol–water partition coefficient (Wildman–Crippen LogP) is -0.0182. The maximum Gasteiger partial charge on any atom is 0.243 e. The Labute approximate surface area is 96.1 Å². The fourth-order valence-electron chi connectivity index (χ4n) is 2.23. The molecule has 0 unspecified atom stereocenters. The second-order valence-electron chi connectivity index (χ2n) is 4.50. The van der Waals surface area contributed by atoms with Crippen molar-refractivity contribution < 1.29 is 9.59 Å². The van der Waals surface area contributed by atoms with Crippen molar-refractivity contribution in [1.29, 1.82) is 0 Å². The van der Waals surface area contributed by atoms with Gasteiger partial charge in [-0.25, -0.2) is 0 Å². The standard InChI is InChI=1S/C11H21N3O2/c1-2-14(8-9(12)15)10(16)11(13)6-4-3-5-7-11/h2-8,13H2,1H3,(H2,12,15). The van der Waals surface area contributed by atoms with E-state index < -0.39 is 11.4 Å². The average Bonchev–Trinajstić information content (AvgIpc) is 2.25. The van der Waals surface area contributed by atoms with Crippen molar-refractivity contribution in [2.75, 3.05) is 13.1 Å². The summed E-state index contributed by atoms with van der Waals surface area (Å²) in [7, 11) is 0. The third-order valence-corrected chi connectivity index (χ3v) is 3.19. The van der Waals surface area contributed by atoms with Crippen molar-refractivity contribution in [2.45, 2.75) is 44.6 Å². The normalized spacial score (nSPS) is 19.1. The molecule has 0 aliphatic heterocycles. The summed E-state index contributed by atoms with van der Waals surface area (Å²) >= 11 is 0. The minimum absolute atomic E-state index is 0.0334. The molecule has 0 aromatic rings. The Morgan fingerprint density at radius 3 is 2.25 bits per heavy atom. The molecule has 0 saturated heterocycles. The van der Waals surface area contributed by atoms with Crippen LogP contribution in [-0.2, 0) is 9.59 Å². The largest absolute Gasteiger partial charge is 0.368 e. The summed E-state index contributed by atoms with van der Waals surface area (Å²) in [5.74, 6) is -0.622. The summed E-state index contributed by atoms with van der Waals surface area (Å²) in [4.78, 5) is 24.5. The fourth-order valence-corrected chi connectivity index (χ4v) is 2.23. The Hall–Kier alpha value is -1.10. The second-order valence-corrected chi connectivity index (χ2v) is 4.50. The van der Waals surface area contributed by atoms with Crippen LogP contribution in [0.15, 0.2) is 0 Å². The number of nitrogens with two attached hydrogens (primary N) is 2. The van der Waals surface area contributed by atoms with Crippen LogP contribution < -0.4 is 11.5 Å². The highest BCUT2D eigenvalue weighted by molar-refractivity contribution is 5.89. The SMILES string of the molecule is CCN(CC(N)=O)C(=O)C1(N)CCCCC1. The number of hydrogen-bond acceptors (Lipinski definition) is 3. The van der Waals surface area contributed by atoms with Crippen LogP contribution in [0.2, 0.25) is 0 Å². The van der Waals surface area contributed by atoms with Crippen LogP contribution in [0.1, 0.15) is 39.0 Å². The number of carbonyl (C=O) groups excluding carboxylic acids is 2. The average molecular weight is 227 g/mol. The first-order valence-electron chi connectivity index (χ1n) is 5.86. The molecule has 4 N–H and O–H groups in total. The molecule has 1 saturated carbocycles. The van der Waals surface area contributed by atoms with Crippen LogP contribution in [0, 0.1) is 0 Å². The number of hydrogen-bond donors (Lipinski definition) is 2. The summed E-state index contributed by atoms with van der Waals surface area (Å²) < 4.78 is 0. The van der Waals surface area contributed by atoms with E-state index in [1.165, 1.54) is 4.90 Å². The minimum Gasteiger partial charge on any atom is -0.368 e. The zero-order valence-electron chi connectivity index (χ0n) is 9.87. The lowest BCUT2D eigenvalue weighted by Crippen LogP contribution is -2.57. The third-order valence-electron chi connectivity index (χ3n) is 3.19. The molecule has 92 valence electrons. The topological polar surface area (TPSA) is 89.4 Å². The van der Waals surface area contributed by atoms with Crippen LogP contribution in [0.4, 0.5) is 0 Å². The molecule has 16 heavy (non-hydrogen) atoms. The number of likely N-dealkylation sites (N-methyl/N-ethyl adjacent to an activating group) is 1. The Morgan fingerprint density at radius 2 is 1.81 bits per heavy atom. The van der Waals surface area contributed by atoms with Gasteiger partial charge in [0.25, 0.3) is 0 Å². The van der Waals surface area contributed by atoms with Crippen LogP contribution in [0.5, 0.6) is 0 Å². The van der Waals surface area contributed by atoms with Gasteiger partial charge in [0.1, 0.15) is 0 Å². The molecule has 0 radical (unpaired) electrons. The van der Waals surface area contributed by atoms with Crippen LogP contribution >= 0.6 is 0 Å². The van der Waals surface area contributed by atoms with Gasteiger partial charge in [0.2, 0.25) is 11.8 Å². The molecule has 2 amide bonds. The number of rotatable bonds is 4. The molecule has 1 rings (SSSR count). The van der Waals surface area contributed by atoms with E-state index in [1.54, 1.807) is 0 Å². The van der Waals surface area contributed by atoms with Gasteiger partial charge >= 0.3 is 0 Å². The minimum atomic E-state index is -0.774. The van der Waals surface area contributed by atoms with E-state index in [2.05, 4.69) is 0 Å². The third kappa shape index (κ3) is 2.95. The van der Waals surface area contributed by atoms with Crippen LogP contribution in [0.3, 0.4) is 0 Å². The maximum atomic E-state index is 12.2. The van der Waals surface area contributed by atoms with Crippen molar-refractivity contribution in [2.24, 2.45) is 11.5 Å². The zero-order valence-corrected chi connectivity index (χ0v) is 9.87. The Kier molecular flexibility index (Phi) is 4.29. The highest BCUT2D eigenvalue weighted by Gasteiger charge is 2.38. The molecule has 0 heterocycles. The van der Waals surface area contributed by atoms with E-state index in [-0.39, 0.29) is 12.5 Å². The summed E-state index contributed by atoms with van der Waals surface area (Å²) in [5.41, 5.74) is 10.4. The Balaban J connectivity index is 2.68. The first kappa shape index (κ1) is 13.0. The monoisotopic (exact) mass is 227 g/mol. The summed E-state index contributed by atoms with van der Waals surface area (Å²) in [5, 5.41) is 0. The van der Waals surface area contributed by atoms with E-state index in [4.69, 9.17) is 11.5 Å². The Morgan fingerprint density at radius 1 is 1.25 bits per heavy atom. The quantitative estimate of drug-likeness (QED) is 0.707. The van der Waals surface area contributed by atoms with Gasteiger partial charge in [-0.2, -0.15) is 0 Å². The van der Waals surface area contributed by atoms with Crippen molar-refractivity contribution in [3.63, 3.8) is 0 Å². The first-order valence-corrected chi connectivity index (χ1v) is 5.86. The summed E-state index contributed by atoms with van der Waals surface area (Å²) in [6.45, 7) is 2.27. The molecule has 0 aromatic carbocycles. The predicted molar refractivity (Wildman–Crippen MR) is 61.5 cm³/mol. The number of carbonyl (C=O) groups is 2. The zero-order chi connectivity index (χ0) is 12.2. The van der Waals surface area contributed by atoms with Crippen LogP contribution in [-0.4, -0.2) is 35.3 Å². The van der Waals surface area contributed by atoms with Crippen molar-refractivity contribution in [1.82, 2.24) is 4.90 Å². The number of nitrogens with zero attached hydrogens (tertiary/aromatic N) is 1. The molecule has 5 nitrogen and oxygen atoms in total. The van der Waals surface area contributed by atoms with Gasteiger partial charge < -0.3 is 16.4 Å². The van der Waals surface area contributed by atoms with Crippen LogP contribution in [0.25, 0.3) is 0 Å². The lowest BCUT2D eigenvalue weighted by molar-refractivity contribution is -0.140. The van der Waals surface area contributed by atoms with Gasteiger partial charge in [0, 0.05) is 6.54 Å². The summed E-state index contributed by atoms with van der Waals surface area (Å²) in [6, 6.07) is 0. The van der Waals surface area contributed by atoms with Crippen molar-refractivity contribution in [3.8, 4) is 0 Å². The van der Waals surface area contributed by atoms with E-state index in [0.717, 1.165) is 19.3 Å². The molecule has 0 spiro atoms. The molecule has 0 atom stereocenters. The molecule has 0 aromatic heterocycles. The molecule has 0 bridgehead atoms. The van der Waals surface area contributed by atoms with E-state index in [1.807, 2.05) is 6.92 Å². The second kappa shape index (κ2) is 5.30. The van der Waals surface area contributed by atoms with E-state index >= 15 is 0 Å². The smallest absolute Gasteiger partial charge is 0.243 e. The lowest BCUT2D eigenvalue weighted by Gasteiger charge is -2.36. The highest BCUT2D eigenvalue weighted by Crippen LogP contribution is 2.27. The molecule has 5 heteroatoms. The number of amides is 2. The Bertz CT molecular complexity index is 272. The van der Waals surface area contributed by atoms with Crippen molar-refractivity contribution >= 4 is 11.8 Å². The van der Waals surface area contributed by atoms with Gasteiger partial charge in [-0.15, -0.1) is 0 Å². The van der Waals surface area contributed by atoms with Gasteiger partial charge in [0.05, 0.1) is 12.1 Å². The first-order chi connectivity index (χ1) is 7.49. The fraction of sp³-hybridized carbons (Fsp3) is 0.818. The molecule has 1 aliphatic rings. The molecule has 1 aliphatic carbocycles. The lowest BCUT2D eigenvalue weighted by atomic mass is 9.81. The molecule has 1 fully saturated rings. The van der Waals surface area contributed by atoms with E-state index in [0.29, 0.717) is 19.4 Å². The number of primary amides is 1. The maximum absolute atomic E-state index is 12.2. The molecular formula is C11H21N3O2. The van der Waals surface area contributed by atoms with E-state index in [9.17, 15) is 9.59 Å². The summed E-state index contributed by atoms with van der Waals surface area (Å²) in [6.07, 6.45) is 4.52. The van der Waals surface area contributed by atoms with Gasteiger partial charge in [-0.3, -0.25) is 9.59 Å². The van der Waals surface area contributed by atoms with Gasteiger partial charge in [-0.05, 0) is 19.8 Å². The molecular weight excluding hydrogens is 206 g/mol. The van der Waals surface area contributed by atoms with Gasteiger partial charge in [-0.1, -0.05) is 19.3 Å². The highest BCUT2D eigenvalue weighted by atomic mass is 16.2. The van der Waals surface area contributed by atoms with Gasteiger partial charge in [0.15, 0.2) is 0 Å². The van der Waals surface area contributed by atoms with Crippen molar-refractivity contribution in [3.05, 3.63) is 0 Å².